The van der Waals surface area contributed by atoms with Crippen molar-refractivity contribution < 1.29 is 9.59 Å². The van der Waals surface area contributed by atoms with Gasteiger partial charge in [-0.25, -0.2) is 9.67 Å². The molecular formula is C26H27N7O2S. The Morgan fingerprint density at radius 1 is 1.03 bits per heavy atom. The molecule has 36 heavy (non-hydrogen) atoms. The van der Waals surface area contributed by atoms with E-state index in [0.717, 1.165) is 16.6 Å². The number of para-hydroxylation sites is 2. The molecule has 3 N–H and O–H groups in total. The molecule has 184 valence electrons. The van der Waals surface area contributed by atoms with Gasteiger partial charge >= 0.3 is 0 Å². The van der Waals surface area contributed by atoms with Crippen LogP contribution < -0.4 is 10.6 Å². The van der Waals surface area contributed by atoms with Gasteiger partial charge in [0.2, 0.25) is 0 Å². The van der Waals surface area contributed by atoms with E-state index in [0.29, 0.717) is 26.9 Å². The summed E-state index contributed by atoms with van der Waals surface area (Å²) in [6, 6.07) is 14.7. The van der Waals surface area contributed by atoms with Gasteiger partial charge in [0.25, 0.3) is 11.8 Å². The van der Waals surface area contributed by atoms with Gasteiger partial charge in [0.1, 0.15) is 10.5 Å². The average molecular weight is 502 g/mol. The monoisotopic (exact) mass is 501 g/mol. The van der Waals surface area contributed by atoms with E-state index in [9.17, 15) is 9.59 Å². The molecule has 3 aromatic heterocycles. The van der Waals surface area contributed by atoms with Crippen LogP contribution in [0.2, 0.25) is 0 Å². The number of H-pyrrole nitrogens is 1. The van der Waals surface area contributed by atoms with E-state index >= 15 is 0 Å². The zero-order chi connectivity index (χ0) is 25.6. The topological polar surface area (TPSA) is 118 Å². The Labute approximate surface area is 212 Å². The molecule has 0 bridgehead atoms. The van der Waals surface area contributed by atoms with E-state index in [1.54, 1.807) is 16.8 Å². The van der Waals surface area contributed by atoms with Gasteiger partial charge in [-0.3, -0.25) is 14.9 Å². The third-order valence-electron chi connectivity index (χ3n) is 5.78. The van der Waals surface area contributed by atoms with Crippen molar-refractivity contribution in [3.05, 3.63) is 71.2 Å². The Hall–Kier alpha value is -4.05. The summed E-state index contributed by atoms with van der Waals surface area (Å²) >= 11 is 1.23. The molecule has 5 aromatic rings. The maximum atomic E-state index is 13.3. The summed E-state index contributed by atoms with van der Waals surface area (Å²) in [6.07, 6.45) is 0. The number of aromatic amines is 1. The van der Waals surface area contributed by atoms with E-state index in [1.807, 2.05) is 71.0 Å². The minimum Gasteiger partial charge on any atom is -0.341 e. The molecule has 1 unspecified atom stereocenters. The Balaban J connectivity index is 1.44. The number of fused-ring (bicyclic) bond motifs is 2. The lowest BCUT2D eigenvalue weighted by Crippen LogP contribution is -2.29. The number of carbonyl (C=O) groups excluding carboxylic acids is 2. The van der Waals surface area contributed by atoms with Crippen LogP contribution in [0.3, 0.4) is 0 Å². The van der Waals surface area contributed by atoms with Crippen molar-refractivity contribution in [1.82, 2.24) is 30.0 Å². The predicted octanol–water partition coefficient (Wildman–Crippen LogP) is 5.18. The number of hydrogen-bond acceptors (Lipinski definition) is 6. The lowest BCUT2D eigenvalue weighted by Gasteiger charge is -2.19. The number of amides is 2. The fraction of sp³-hybridized carbons (Fsp3) is 0.269. The summed E-state index contributed by atoms with van der Waals surface area (Å²) in [4.78, 5) is 38.5. The van der Waals surface area contributed by atoms with Crippen LogP contribution in [0.25, 0.3) is 21.4 Å². The molecule has 0 spiro atoms. The van der Waals surface area contributed by atoms with Crippen LogP contribution in [0.1, 0.15) is 66.0 Å². The van der Waals surface area contributed by atoms with Crippen molar-refractivity contribution in [1.29, 1.82) is 0 Å². The highest BCUT2D eigenvalue weighted by atomic mass is 32.1. The number of aromatic nitrogens is 5. The minimum atomic E-state index is -0.423. The Morgan fingerprint density at radius 2 is 1.75 bits per heavy atom. The molecule has 0 aliphatic rings. The smallest absolute Gasteiger partial charge is 0.273 e. The van der Waals surface area contributed by atoms with Crippen molar-refractivity contribution in [2.45, 2.75) is 46.2 Å². The lowest BCUT2D eigenvalue weighted by molar-refractivity contribution is 0.0933. The SMILES string of the molecule is Cc1ccc(C(=O)Nc2nc3c(s2)c(C(=O)NC(C)c2nc4ccccc4[nH]2)nn3C(C)(C)C)cc1. The first kappa shape index (κ1) is 23.7. The zero-order valence-corrected chi connectivity index (χ0v) is 21.5. The van der Waals surface area contributed by atoms with Crippen LogP contribution in [-0.4, -0.2) is 36.5 Å². The van der Waals surface area contributed by atoms with Gasteiger partial charge in [-0.05, 0) is 58.9 Å². The largest absolute Gasteiger partial charge is 0.341 e. The van der Waals surface area contributed by atoms with Crippen molar-refractivity contribution in [3.63, 3.8) is 0 Å². The molecule has 0 radical (unpaired) electrons. The number of anilines is 1. The highest BCUT2D eigenvalue weighted by Crippen LogP contribution is 2.32. The molecule has 10 heteroatoms. The predicted molar refractivity (Wildman–Crippen MR) is 142 cm³/mol. The second-order valence-corrected chi connectivity index (χ2v) is 10.8. The third kappa shape index (κ3) is 4.47. The normalized spacial score (nSPS) is 12.7. The maximum absolute atomic E-state index is 13.3. The molecule has 9 nitrogen and oxygen atoms in total. The summed E-state index contributed by atoms with van der Waals surface area (Å²) < 4.78 is 2.33. The zero-order valence-electron chi connectivity index (χ0n) is 20.7. The first-order valence-corrected chi connectivity index (χ1v) is 12.5. The Morgan fingerprint density at radius 3 is 2.44 bits per heavy atom. The number of thiazole rings is 1. The van der Waals surface area contributed by atoms with E-state index in [4.69, 9.17) is 0 Å². The molecule has 0 aliphatic heterocycles. The number of nitrogens with one attached hydrogen (secondary N) is 3. The second kappa shape index (κ2) is 8.87. The maximum Gasteiger partial charge on any atom is 0.273 e. The highest BCUT2D eigenvalue weighted by molar-refractivity contribution is 7.22. The number of rotatable bonds is 5. The van der Waals surface area contributed by atoms with Crippen LogP contribution in [-0.2, 0) is 5.54 Å². The molecular weight excluding hydrogens is 474 g/mol. The third-order valence-corrected chi connectivity index (χ3v) is 6.74. The van der Waals surface area contributed by atoms with E-state index in [2.05, 4.69) is 30.7 Å². The molecule has 3 heterocycles. The lowest BCUT2D eigenvalue weighted by atomic mass is 10.1. The van der Waals surface area contributed by atoms with Gasteiger partial charge in [-0.2, -0.15) is 10.1 Å². The molecule has 0 saturated carbocycles. The van der Waals surface area contributed by atoms with Crippen molar-refractivity contribution in [3.8, 4) is 0 Å². The molecule has 0 fully saturated rings. The van der Waals surface area contributed by atoms with E-state index in [1.165, 1.54) is 11.3 Å². The first-order chi connectivity index (χ1) is 17.1. The van der Waals surface area contributed by atoms with Gasteiger partial charge < -0.3 is 10.3 Å². The van der Waals surface area contributed by atoms with Gasteiger partial charge in [0.15, 0.2) is 16.5 Å². The molecule has 2 aromatic carbocycles. The molecule has 2 amide bonds. The van der Waals surface area contributed by atoms with Crippen LogP contribution in [0.15, 0.2) is 48.5 Å². The second-order valence-electron chi connectivity index (χ2n) is 9.76. The molecule has 0 saturated heterocycles. The Bertz CT molecular complexity index is 1560. The van der Waals surface area contributed by atoms with E-state index < -0.39 is 5.54 Å². The number of benzene rings is 2. The molecule has 5 rings (SSSR count). The molecule has 1 atom stereocenters. The number of nitrogens with zero attached hydrogens (tertiary/aromatic N) is 4. The van der Waals surface area contributed by atoms with Gasteiger partial charge in [0, 0.05) is 5.56 Å². The van der Waals surface area contributed by atoms with Gasteiger partial charge in [0.05, 0.1) is 22.6 Å². The fourth-order valence-electron chi connectivity index (χ4n) is 3.86. The summed E-state index contributed by atoms with van der Waals surface area (Å²) in [7, 11) is 0. The molecule has 0 aliphatic carbocycles. The minimum absolute atomic E-state index is 0.258. The standard InChI is InChI=1S/C26H27N7O2S/c1-14-10-12-16(13-11-14)23(34)31-25-30-22-20(36-25)19(32-33(22)26(3,4)5)24(35)27-15(2)21-28-17-8-6-7-9-18(17)29-21/h6-13,15H,1-5H3,(H,27,35)(H,28,29)(H,30,31,34). The number of carbonyl (C=O) groups is 2. The van der Waals surface area contributed by atoms with Crippen molar-refractivity contribution >= 4 is 49.7 Å². The van der Waals surface area contributed by atoms with Crippen LogP contribution in [0.5, 0.6) is 0 Å². The van der Waals surface area contributed by atoms with Crippen molar-refractivity contribution in [2.24, 2.45) is 0 Å². The van der Waals surface area contributed by atoms with Crippen LogP contribution >= 0.6 is 11.3 Å². The van der Waals surface area contributed by atoms with E-state index in [-0.39, 0.29) is 23.6 Å². The number of imidazole rings is 1. The van der Waals surface area contributed by atoms with Crippen LogP contribution in [0.4, 0.5) is 5.13 Å². The Kier molecular flexibility index (Phi) is 5.83. The summed E-state index contributed by atoms with van der Waals surface area (Å²) in [5.74, 6) is 0.0635. The summed E-state index contributed by atoms with van der Waals surface area (Å²) in [5, 5.41) is 10.9. The van der Waals surface area contributed by atoms with Crippen LogP contribution in [0, 0.1) is 6.92 Å². The number of hydrogen-bond donors (Lipinski definition) is 3. The number of aryl methyl sites for hydroxylation is 1. The van der Waals surface area contributed by atoms with Gasteiger partial charge in [-0.15, -0.1) is 0 Å². The quantitative estimate of drug-likeness (QED) is 0.307. The highest BCUT2D eigenvalue weighted by Gasteiger charge is 2.28. The summed E-state index contributed by atoms with van der Waals surface area (Å²) in [5.41, 5.74) is 3.74. The van der Waals surface area contributed by atoms with Gasteiger partial charge in [-0.1, -0.05) is 41.2 Å². The first-order valence-electron chi connectivity index (χ1n) is 11.6. The van der Waals surface area contributed by atoms with Crippen molar-refractivity contribution in [2.75, 3.05) is 5.32 Å². The summed E-state index contributed by atoms with van der Waals surface area (Å²) in [6.45, 7) is 9.80. The average Bonchev–Trinajstić information content (AvgIpc) is 3.51. The fourth-order valence-corrected chi connectivity index (χ4v) is 4.78.